The third-order valence-corrected chi connectivity index (χ3v) is 5.72. The molecule has 16 heteroatoms. The minimum Gasteiger partial charge on any atom is -0.425 e. The standard InChI is InChI=1S/C20H16O10P2.4Na/c21-19-20(17-3-1-2-4-18(17)28-19,13-5-9-15(10-6-13)29-31(22,23)24)14-7-11-16(12-8-14)30-32(25,26)27;;;;/h1-12H,(H2,22,23,24)(H2,25,26,27);;;;. The molecule has 0 bridgehead atoms. The molecule has 0 aliphatic carbocycles. The van der Waals surface area contributed by atoms with Gasteiger partial charge < -0.3 is 13.8 Å². The summed E-state index contributed by atoms with van der Waals surface area (Å²) in [6.07, 6.45) is 0. The molecule has 4 N–H and O–H groups in total. The Labute approximate surface area is 295 Å². The molecule has 36 heavy (non-hydrogen) atoms. The van der Waals surface area contributed by atoms with Crippen LogP contribution < -0.4 is 13.8 Å². The van der Waals surface area contributed by atoms with Crippen LogP contribution in [0.3, 0.4) is 0 Å². The van der Waals surface area contributed by atoms with Crippen LogP contribution in [0.2, 0.25) is 0 Å². The van der Waals surface area contributed by atoms with Crippen molar-refractivity contribution < 1.29 is 47.3 Å². The first-order chi connectivity index (χ1) is 15.0. The number of rotatable bonds is 6. The molecular formula is C20H16Na4O10P2. The number of phosphoric acid groups is 2. The molecule has 3 aromatic rings. The molecule has 0 atom stereocenters. The maximum absolute atomic E-state index is 13.2. The fourth-order valence-electron chi connectivity index (χ4n) is 3.67. The first-order valence-electron chi connectivity index (χ1n) is 9.02. The van der Waals surface area contributed by atoms with E-state index in [2.05, 4.69) is 9.05 Å². The normalized spacial score (nSPS) is 13.4. The maximum Gasteiger partial charge on any atom is 0.524 e. The van der Waals surface area contributed by atoms with Crippen molar-refractivity contribution in [3.05, 3.63) is 89.5 Å². The van der Waals surface area contributed by atoms with E-state index in [1.54, 1.807) is 24.3 Å². The van der Waals surface area contributed by atoms with Crippen molar-refractivity contribution in [1.29, 1.82) is 0 Å². The summed E-state index contributed by atoms with van der Waals surface area (Å²) in [5, 5.41) is 0. The molecular weight excluding hydrogens is 554 g/mol. The van der Waals surface area contributed by atoms with Gasteiger partial charge in [-0.25, -0.2) is 13.9 Å². The average molecular weight is 570 g/mol. The van der Waals surface area contributed by atoms with E-state index < -0.39 is 27.0 Å². The second kappa shape index (κ2) is 14.6. The van der Waals surface area contributed by atoms with Crippen LogP contribution in [0.5, 0.6) is 17.2 Å². The Hall–Kier alpha value is 1.03. The molecule has 1 aliphatic rings. The van der Waals surface area contributed by atoms with Crippen LogP contribution in [0, 0.1) is 0 Å². The van der Waals surface area contributed by atoms with Crippen molar-refractivity contribution in [2.75, 3.05) is 0 Å². The van der Waals surface area contributed by atoms with Gasteiger partial charge in [-0.2, -0.15) is 0 Å². The summed E-state index contributed by atoms with van der Waals surface area (Å²) in [6, 6.07) is 18.0. The van der Waals surface area contributed by atoms with Gasteiger partial charge in [-0.1, -0.05) is 42.5 Å². The Bertz CT molecular complexity index is 1210. The molecule has 4 rings (SSSR count). The molecule has 170 valence electrons. The Morgan fingerprint density at radius 2 is 1.03 bits per heavy atom. The third-order valence-electron chi connectivity index (χ3n) is 4.82. The van der Waals surface area contributed by atoms with E-state index in [0.717, 1.165) is 0 Å². The molecule has 0 aromatic heterocycles. The molecule has 0 saturated carbocycles. The zero-order valence-corrected chi connectivity index (χ0v) is 29.8. The number of esters is 1. The van der Waals surface area contributed by atoms with Crippen molar-refractivity contribution in [2.24, 2.45) is 0 Å². The first-order valence-corrected chi connectivity index (χ1v) is 12.1. The quantitative estimate of drug-likeness (QED) is 0.148. The minimum atomic E-state index is -4.76. The summed E-state index contributed by atoms with van der Waals surface area (Å²) in [5.74, 6) is -0.473. The van der Waals surface area contributed by atoms with Gasteiger partial charge in [-0.15, -0.1) is 0 Å². The van der Waals surface area contributed by atoms with Crippen molar-refractivity contribution in [3.63, 3.8) is 0 Å². The van der Waals surface area contributed by atoms with Crippen LogP contribution in [0.4, 0.5) is 0 Å². The van der Waals surface area contributed by atoms with Crippen molar-refractivity contribution in [3.8, 4) is 17.2 Å². The second-order valence-corrected chi connectivity index (χ2v) is 9.18. The van der Waals surface area contributed by atoms with Gasteiger partial charge in [0.1, 0.15) is 22.7 Å². The first kappa shape index (κ1) is 37.0. The average Bonchev–Trinajstić information content (AvgIpc) is 2.99. The molecule has 0 saturated heterocycles. The number of carbonyl (C=O) groups excluding carboxylic acids is 1. The number of benzene rings is 3. The van der Waals surface area contributed by atoms with E-state index in [4.69, 9.17) is 24.3 Å². The number of para-hydroxylation sites is 1. The van der Waals surface area contributed by atoms with Gasteiger partial charge in [0, 0.05) is 124 Å². The van der Waals surface area contributed by atoms with E-state index in [1.165, 1.54) is 48.5 Å². The van der Waals surface area contributed by atoms with Crippen molar-refractivity contribution in [1.82, 2.24) is 0 Å². The van der Waals surface area contributed by atoms with Crippen LogP contribution in [0.1, 0.15) is 16.7 Å². The van der Waals surface area contributed by atoms with E-state index in [1.807, 2.05) is 0 Å². The monoisotopic (exact) mass is 570 g/mol. The summed E-state index contributed by atoms with van der Waals surface area (Å²) in [4.78, 5) is 49.3. The van der Waals surface area contributed by atoms with Gasteiger partial charge in [-0.05, 0) is 41.5 Å². The Balaban J connectivity index is 0.00000306. The van der Waals surface area contributed by atoms with Crippen LogP contribution >= 0.6 is 15.6 Å². The van der Waals surface area contributed by atoms with Gasteiger partial charge in [0.2, 0.25) is 0 Å². The van der Waals surface area contributed by atoms with E-state index in [0.29, 0.717) is 22.4 Å². The number of ether oxygens (including phenoxy) is 1. The Kier molecular flexibility index (Phi) is 15.0. The van der Waals surface area contributed by atoms with E-state index in [-0.39, 0.29) is 130 Å². The van der Waals surface area contributed by atoms with Gasteiger partial charge >= 0.3 is 21.6 Å². The smallest absolute Gasteiger partial charge is 0.425 e. The minimum absolute atomic E-state index is 0. The second-order valence-electron chi connectivity index (χ2n) is 6.85. The molecule has 3 aromatic carbocycles. The summed E-state index contributed by atoms with van der Waals surface area (Å²) in [6.45, 7) is 0. The SMILES string of the molecule is O=C1Oc2ccccc2C1(c1ccc(OP(=O)(O)O)cc1)c1ccc(OP(=O)(O)O)cc1.[Na].[Na].[Na].[Na]. The van der Waals surface area contributed by atoms with Crippen molar-refractivity contribution >= 4 is 140 Å². The van der Waals surface area contributed by atoms with Gasteiger partial charge in [-0.3, -0.25) is 19.6 Å². The number of hydrogen-bond acceptors (Lipinski definition) is 6. The van der Waals surface area contributed by atoms with E-state index in [9.17, 15) is 13.9 Å². The predicted octanol–water partition coefficient (Wildman–Crippen LogP) is 1.36. The number of hydrogen-bond donors (Lipinski definition) is 4. The largest absolute Gasteiger partial charge is 0.524 e. The van der Waals surface area contributed by atoms with Crippen molar-refractivity contribution in [2.45, 2.75) is 5.41 Å². The number of fused-ring (bicyclic) bond motifs is 1. The van der Waals surface area contributed by atoms with Crippen LogP contribution in [0.15, 0.2) is 72.8 Å². The summed E-state index contributed by atoms with van der Waals surface area (Å²) in [5.41, 5.74) is -0.0709. The molecule has 0 spiro atoms. The summed E-state index contributed by atoms with van der Waals surface area (Å²) in [7, 11) is -9.52. The molecule has 0 amide bonds. The third kappa shape index (κ3) is 8.27. The van der Waals surface area contributed by atoms with Gasteiger partial charge in [0.05, 0.1) is 0 Å². The fourth-order valence-corrected chi connectivity index (χ4v) is 4.46. The van der Waals surface area contributed by atoms with Crippen LogP contribution in [0.25, 0.3) is 0 Å². The maximum atomic E-state index is 13.2. The molecule has 4 radical (unpaired) electrons. The fraction of sp³-hybridized carbons (Fsp3) is 0.0500. The summed E-state index contributed by atoms with van der Waals surface area (Å²) >= 11 is 0. The number of phosphoric ester groups is 2. The van der Waals surface area contributed by atoms with Gasteiger partial charge in [0.15, 0.2) is 0 Å². The van der Waals surface area contributed by atoms with Crippen LogP contribution in [-0.2, 0) is 19.3 Å². The van der Waals surface area contributed by atoms with E-state index >= 15 is 0 Å². The number of carbonyl (C=O) groups is 1. The summed E-state index contributed by atoms with van der Waals surface area (Å²) < 4.78 is 36.9. The zero-order chi connectivity index (χ0) is 23.1. The molecule has 1 aliphatic heterocycles. The topological polar surface area (TPSA) is 160 Å². The van der Waals surface area contributed by atoms with Gasteiger partial charge in [0.25, 0.3) is 0 Å². The molecule has 0 fully saturated rings. The predicted molar refractivity (Wildman–Crippen MR) is 133 cm³/mol. The zero-order valence-electron chi connectivity index (χ0n) is 20.1. The Morgan fingerprint density at radius 1 is 0.639 bits per heavy atom. The molecule has 0 unspecified atom stereocenters. The molecule has 10 nitrogen and oxygen atoms in total. The Morgan fingerprint density at radius 3 is 1.42 bits per heavy atom. The molecule has 1 heterocycles. The van der Waals surface area contributed by atoms with Crippen LogP contribution in [-0.4, -0.2) is 144 Å².